The molecule has 30 heavy (non-hydrogen) atoms. The molecule has 0 aliphatic heterocycles. The van der Waals surface area contributed by atoms with E-state index in [9.17, 15) is 9.90 Å². The molecular formula is C21H20Cl2N4O3. The second-order valence-corrected chi connectivity index (χ2v) is 7.11. The summed E-state index contributed by atoms with van der Waals surface area (Å²) in [4.78, 5) is 26.1. The molecule has 0 fully saturated rings. The summed E-state index contributed by atoms with van der Waals surface area (Å²) < 4.78 is 0. The van der Waals surface area contributed by atoms with Gasteiger partial charge in [-0.05, 0) is 36.8 Å². The Bertz CT molecular complexity index is 1020. The van der Waals surface area contributed by atoms with Crippen molar-refractivity contribution in [2.45, 2.75) is 13.0 Å². The lowest BCUT2D eigenvalue weighted by Gasteiger charge is -2.17. The van der Waals surface area contributed by atoms with Crippen LogP contribution >= 0.6 is 23.2 Å². The summed E-state index contributed by atoms with van der Waals surface area (Å²) in [7, 11) is 0. The maximum Gasteiger partial charge on any atom is 0.251 e. The highest BCUT2D eigenvalue weighted by Crippen LogP contribution is 2.26. The van der Waals surface area contributed by atoms with Gasteiger partial charge < -0.3 is 10.4 Å². The van der Waals surface area contributed by atoms with Crippen molar-refractivity contribution in [2.24, 2.45) is 0 Å². The summed E-state index contributed by atoms with van der Waals surface area (Å²) in [5.41, 5.74) is 5.00. The Balaban J connectivity index is 1.76. The lowest BCUT2D eigenvalue weighted by Crippen LogP contribution is -2.30. The van der Waals surface area contributed by atoms with E-state index in [-0.39, 0.29) is 18.5 Å². The summed E-state index contributed by atoms with van der Waals surface area (Å²) in [6.45, 7) is 2.03. The number of carbonyl (C=O) groups is 1. The van der Waals surface area contributed by atoms with Crippen molar-refractivity contribution < 1.29 is 14.7 Å². The lowest BCUT2D eigenvalue weighted by molar-refractivity contribution is 0.0916. The zero-order valence-electron chi connectivity index (χ0n) is 16.1. The van der Waals surface area contributed by atoms with Crippen LogP contribution in [-0.4, -0.2) is 34.2 Å². The van der Waals surface area contributed by atoms with Crippen LogP contribution in [0.3, 0.4) is 0 Å². The molecule has 0 bridgehead atoms. The first-order chi connectivity index (χ1) is 14.5. The molecular weight excluding hydrogens is 427 g/mol. The minimum atomic E-state index is -0.570. The molecule has 2 aromatic carbocycles. The number of aromatic nitrogens is 2. The molecule has 1 unspecified atom stereocenters. The van der Waals surface area contributed by atoms with Crippen LogP contribution in [0.4, 0.5) is 5.95 Å². The Kier molecular flexibility index (Phi) is 7.59. The van der Waals surface area contributed by atoms with Crippen molar-refractivity contribution in [2.75, 3.05) is 18.7 Å². The van der Waals surface area contributed by atoms with Crippen LogP contribution < -0.4 is 10.8 Å². The van der Waals surface area contributed by atoms with E-state index in [0.717, 1.165) is 5.56 Å². The van der Waals surface area contributed by atoms with E-state index >= 15 is 0 Å². The Labute approximate surface area is 184 Å². The maximum absolute atomic E-state index is 12.6. The molecule has 0 saturated heterocycles. The predicted octanol–water partition coefficient (Wildman–Crippen LogP) is 4.28. The maximum atomic E-state index is 12.6. The molecule has 7 nitrogen and oxygen atoms in total. The molecule has 3 rings (SSSR count). The zero-order valence-corrected chi connectivity index (χ0v) is 17.6. The first-order valence-corrected chi connectivity index (χ1v) is 9.95. The van der Waals surface area contributed by atoms with Gasteiger partial charge in [-0.2, -0.15) is 0 Å². The molecule has 1 amide bonds. The molecule has 0 aliphatic carbocycles. The van der Waals surface area contributed by atoms with Crippen molar-refractivity contribution in [3.8, 4) is 11.3 Å². The molecule has 1 heterocycles. The van der Waals surface area contributed by atoms with Crippen molar-refractivity contribution >= 4 is 35.1 Å². The Morgan fingerprint density at radius 1 is 1.20 bits per heavy atom. The Morgan fingerprint density at radius 2 is 1.97 bits per heavy atom. The highest BCUT2D eigenvalue weighted by atomic mass is 35.5. The fourth-order valence-corrected chi connectivity index (χ4v) is 3.13. The number of hydrogen-bond acceptors (Lipinski definition) is 6. The third-order valence-electron chi connectivity index (χ3n) is 4.21. The number of aliphatic hydroxyl groups is 1. The van der Waals surface area contributed by atoms with Crippen molar-refractivity contribution in [3.05, 3.63) is 75.9 Å². The number of hydrogen-bond donors (Lipinski definition) is 3. The first-order valence-electron chi connectivity index (χ1n) is 9.19. The minimum absolute atomic E-state index is 0.254. The number of halogens is 2. The van der Waals surface area contributed by atoms with Crippen LogP contribution in [0.15, 0.2) is 54.7 Å². The van der Waals surface area contributed by atoms with Gasteiger partial charge in [-0.15, -0.1) is 0 Å². The molecule has 0 radical (unpaired) electrons. The second kappa shape index (κ2) is 10.4. The van der Waals surface area contributed by atoms with E-state index in [1.165, 1.54) is 6.20 Å². The SMILES string of the molecule is CCONc1ncc(Cl)c(-c2ccc(C(=O)NC(CO)c3cccc(Cl)c3)cc2)n1. The monoisotopic (exact) mass is 446 g/mol. The van der Waals surface area contributed by atoms with Crippen molar-refractivity contribution in [1.82, 2.24) is 15.3 Å². The average molecular weight is 447 g/mol. The normalized spacial score (nSPS) is 11.7. The highest BCUT2D eigenvalue weighted by Gasteiger charge is 2.16. The van der Waals surface area contributed by atoms with Gasteiger partial charge in [0.1, 0.15) is 0 Å². The fourth-order valence-electron chi connectivity index (χ4n) is 2.73. The Morgan fingerprint density at radius 3 is 2.63 bits per heavy atom. The van der Waals surface area contributed by atoms with Crippen LogP contribution in [-0.2, 0) is 4.84 Å². The fraction of sp³-hybridized carbons (Fsp3) is 0.190. The average Bonchev–Trinajstić information content (AvgIpc) is 2.77. The first kappa shape index (κ1) is 22.0. The van der Waals surface area contributed by atoms with Crippen LogP contribution in [0.1, 0.15) is 28.9 Å². The topological polar surface area (TPSA) is 96.4 Å². The minimum Gasteiger partial charge on any atom is -0.394 e. The van der Waals surface area contributed by atoms with Crippen molar-refractivity contribution in [3.63, 3.8) is 0 Å². The second-order valence-electron chi connectivity index (χ2n) is 6.27. The van der Waals surface area contributed by atoms with E-state index in [1.54, 1.807) is 48.5 Å². The summed E-state index contributed by atoms with van der Waals surface area (Å²) in [5.74, 6) is -0.0431. The van der Waals surface area contributed by atoms with Gasteiger partial charge >= 0.3 is 0 Å². The van der Waals surface area contributed by atoms with Gasteiger partial charge in [0.05, 0.1) is 36.2 Å². The number of aliphatic hydroxyl groups excluding tert-OH is 1. The van der Waals surface area contributed by atoms with E-state index in [4.69, 9.17) is 28.0 Å². The van der Waals surface area contributed by atoms with Crippen LogP contribution in [0, 0.1) is 0 Å². The van der Waals surface area contributed by atoms with Gasteiger partial charge in [-0.25, -0.2) is 15.4 Å². The van der Waals surface area contributed by atoms with Gasteiger partial charge in [0, 0.05) is 16.1 Å². The molecule has 156 valence electrons. The third kappa shape index (κ3) is 5.46. The predicted molar refractivity (Wildman–Crippen MR) is 116 cm³/mol. The molecule has 0 aliphatic rings. The third-order valence-corrected chi connectivity index (χ3v) is 4.72. The molecule has 3 aromatic rings. The summed E-state index contributed by atoms with van der Waals surface area (Å²) in [6.07, 6.45) is 1.47. The molecule has 0 saturated carbocycles. The van der Waals surface area contributed by atoms with Gasteiger partial charge in [-0.1, -0.05) is 47.5 Å². The van der Waals surface area contributed by atoms with Crippen LogP contribution in [0.2, 0.25) is 10.0 Å². The number of nitrogens with zero attached hydrogens (tertiary/aromatic N) is 2. The van der Waals surface area contributed by atoms with Gasteiger partial charge in [-0.3, -0.25) is 9.63 Å². The number of rotatable bonds is 8. The number of nitrogens with one attached hydrogen (secondary N) is 2. The highest BCUT2D eigenvalue weighted by molar-refractivity contribution is 6.33. The molecule has 3 N–H and O–H groups in total. The standard InChI is InChI=1S/C21H20Cl2N4O3/c1-2-30-27-21-24-11-17(23)19(26-21)13-6-8-14(9-7-13)20(29)25-18(12-28)15-4-3-5-16(22)10-15/h3-11,18,28H,2,12H2,1H3,(H,25,29)(H,24,26,27). The summed E-state index contributed by atoms with van der Waals surface area (Å²) in [6, 6.07) is 13.2. The number of benzene rings is 2. The lowest BCUT2D eigenvalue weighted by atomic mass is 10.1. The number of anilines is 1. The van der Waals surface area contributed by atoms with Crippen molar-refractivity contribution in [1.29, 1.82) is 0 Å². The van der Waals surface area contributed by atoms with E-state index in [2.05, 4.69) is 20.8 Å². The van der Waals surface area contributed by atoms with Gasteiger partial charge in [0.15, 0.2) is 0 Å². The van der Waals surface area contributed by atoms with Gasteiger partial charge in [0.2, 0.25) is 5.95 Å². The largest absolute Gasteiger partial charge is 0.394 e. The van der Waals surface area contributed by atoms with Crippen LogP contribution in [0.5, 0.6) is 0 Å². The summed E-state index contributed by atoms with van der Waals surface area (Å²) in [5, 5.41) is 13.4. The number of carbonyl (C=O) groups excluding carboxylic acids is 1. The molecule has 0 spiro atoms. The van der Waals surface area contributed by atoms with E-state index in [0.29, 0.717) is 33.5 Å². The summed E-state index contributed by atoms with van der Waals surface area (Å²) >= 11 is 12.2. The Hall–Kier alpha value is -2.71. The van der Waals surface area contributed by atoms with E-state index < -0.39 is 6.04 Å². The quantitative estimate of drug-likeness (QED) is 0.446. The molecule has 1 atom stereocenters. The van der Waals surface area contributed by atoms with Gasteiger partial charge in [0.25, 0.3) is 5.91 Å². The van der Waals surface area contributed by atoms with Crippen LogP contribution in [0.25, 0.3) is 11.3 Å². The zero-order chi connectivity index (χ0) is 21.5. The number of amides is 1. The molecule has 1 aromatic heterocycles. The molecule has 9 heteroatoms. The smallest absolute Gasteiger partial charge is 0.251 e. The van der Waals surface area contributed by atoms with E-state index in [1.807, 2.05) is 6.92 Å².